The molecule has 1 fully saturated rings. The zero-order valence-electron chi connectivity index (χ0n) is 11.3. The molecule has 0 aromatic heterocycles. The molecule has 2 aliphatic rings. The summed E-state index contributed by atoms with van der Waals surface area (Å²) in [5, 5.41) is 0. The molecule has 2 heterocycles. The second-order valence-corrected chi connectivity index (χ2v) is 5.64. The highest BCUT2D eigenvalue weighted by molar-refractivity contribution is 5.64. The monoisotopic (exact) mass is 245 g/mol. The van der Waals surface area contributed by atoms with Crippen LogP contribution in [0.25, 0.3) is 0 Å². The molecular weight excluding hydrogens is 224 g/mol. The Bertz CT molecular complexity index is 450. The first-order valence-corrected chi connectivity index (χ1v) is 6.60. The van der Waals surface area contributed by atoms with E-state index in [-0.39, 0.29) is 0 Å². The first-order valence-electron chi connectivity index (χ1n) is 6.60. The van der Waals surface area contributed by atoms with Gasteiger partial charge in [0.25, 0.3) is 0 Å². The van der Waals surface area contributed by atoms with E-state index in [2.05, 4.69) is 42.1 Å². The van der Waals surface area contributed by atoms with Crippen LogP contribution in [-0.4, -0.2) is 38.7 Å². The fourth-order valence-electron chi connectivity index (χ4n) is 3.43. The number of piperidine rings is 1. The number of likely N-dealkylation sites (N-methyl/N-ethyl adjacent to an activating group) is 1. The predicted molar refractivity (Wildman–Crippen MR) is 74.1 cm³/mol. The average Bonchev–Trinajstić information content (AvgIpc) is 2.66. The fourth-order valence-corrected chi connectivity index (χ4v) is 3.43. The van der Waals surface area contributed by atoms with Crippen LogP contribution < -0.4 is 9.64 Å². The van der Waals surface area contributed by atoms with E-state index >= 15 is 0 Å². The lowest BCUT2D eigenvalue weighted by atomic mass is 9.74. The van der Waals surface area contributed by atoms with Gasteiger partial charge in [0.2, 0.25) is 0 Å². The Hall–Kier alpha value is -1.22. The normalized spacial score (nSPS) is 22.3. The maximum absolute atomic E-state index is 5.39. The summed E-state index contributed by atoms with van der Waals surface area (Å²) in [6.45, 7) is 3.30. The minimum Gasteiger partial charge on any atom is -0.497 e. The summed E-state index contributed by atoms with van der Waals surface area (Å²) in [6.07, 6.45) is 2.39. The van der Waals surface area contributed by atoms with E-state index in [1.165, 1.54) is 24.1 Å². The van der Waals surface area contributed by atoms with Gasteiger partial charge in [-0.3, -0.25) is 0 Å². The molecule has 0 unspecified atom stereocenters. The van der Waals surface area contributed by atoms with Crippen LogP contribution in [0, 0.1) is 7.05 Å². The number of ether oxygens (including phenoxy) is 1. The Morgan fingerprint density at radius 1 is 1.28 bits per heavy atom. The number of hydrogen-bond donors (Lipinski definition) is 0. The first-order chi connectivity index (χ1) is 8.64. The number of nitrogens with zero attached hydrogens (tertiary/aromatic N) is 2. The molecule has 3 nitrogen and oxygen atoms in total. The van der Waals surface area contributed by atoms with Gasteiger partial charge in [0.05, 0.1) is 7.11 Å². The van der Waals surface area contributed by atoms with Crippen LogP contribution in [-0.2, 0) is 5.41 Å². The van der Waals surface area contributed by atoms with Gasteiger partial charge in [-0.25, -0.2) is 0 Å². The lowest BCUT2D eigenvalue weighted by Crippen LogP contribution is -2.42. The van der Waals surface area contributed by atoms with Gasteiger partial charge >= 0.3 is 0 Å². The Kier molecular flexibility index (Phi) is 2.74. The van der Waals surface area contributed by atoms with E-state index < -0.39 is 0 Å². The van der Waals surface area contributed by atoms with Crippen molar-refractivity contribution in [3.63, 3.8) is 0 Å². The van der Waals surface area contributed by atoms with Crippen molar-refractivity contribution in [2.45, 2.75) is 18.3 Å². The molecule has 0 atom stereocenters. The molecule has 3 heteroatoms. The number of fused-ring (bicyclic) bond motifs is 2. The number of anilines is 1. The molecule has 0 N–H and O–H groups in total. The SMILES string of the molecule is [CH2]N1CCC2(CC1)CN(C)c1ccc(OC)cc12. The van der Waals surface area contributed by atoms with Crippen molar-refractivity contribution in [1.82, 2.24) is 4.90 Å². The number of benzene rings is 1. The zero-order chi connectivity index (χ0) is 12.8. The van der Waals surface area contributed by atoms with Crippen LogP contribution in [0.4, 0.5) is 5.69 Å². The first kappa shape index (κ1) is 11.8. The molecule has 3 rings (SSSR count). The van der Waals surface area contributed by atoms with Crippen molar-refractivity contribution < 1.29 is 4.74 Å². The largest absolute Gasteiger partial charge is 0.497 e. The summed E-state index contributed by atoms with van der Waals surface area (Å²) in [5.74, 6) is 0.973. The molecule has 0 amide bonds. The maximum Gasteiger partial charge on any atom is 0.119 e. The van der Waals surface area contributed by atoms with Gasteiger partial charge in [-0.2, -0.15) is 0 Å². The molecule has 18 heavy (non-hydrogen) atoms. The Morgan fingerprint density at radius 3 is 2.67 bits per heavy atom. The van der Waals surface area contributed by atoms with Gasteiger partial charge in [-0.1, -0.05) is 0 Å². The second-order valence-electron chi connectivity index (χ2n) is 5.64. The van der Waals surface area contributed by atoms with Gasteiger partial charge in [0.15, 0.2) is 0 Å². The summed E-state index contributed by atoms with van der Waals surface area (Å²) >= 11 is 0. The number of likely N-dealkylation sites (tertiary alicyclic amines) is 1. The minimum atomic E-state index is 0.312. The van der Waals surface area contributed by atoms with Gasteiger partial charge in [-0.15, -0.1) is 0 Å². The van der Waals surface area contributed by atoms with Crippen LogP contribution in [0.5, 0.6) is 5.75 Å². The van der Waals surface area contributed by atoms with E-state index in [0.29, 0.717) is 5.41 Å². The molecule has 1 aromatic carbocycles. The summed E-state index contributed by atoms with van der Waals surface area (Å²) in [6, 6.07) is 6.49. The third-order valence-corrected chi connectivity index (χ3v) is 4.54. The van der Waals surface area contributed by atoms with Crippen molar-refractivity contribution in [3.05, 3.63) is 30.8 Å². The standard InChI is InChI=1S/C15H21N2O/c1-16-8-6-15(7-9-16)11-17(2)14-5-4-12(18-3)10-13(14)15/h4-5,10H,1,6-9,11H2,2-3H3. The predicted octanol–water partition coefficient (Wildman–Crippen LogP) is 2.27. The lowest BCUT2D eigenvalue weighted by molar-refractivity contribution is 0.214. The van der Waals surface area contributed by atoms with E-state index in [9.17, 15) is 0 Å². The Morgan fingerprint density at radius 2 is 2.00 bits per heavy atom. The van der Waals surface area contributed by atoms with E-state index in [4.69, 9.17) is 4.74 Å². The third kappa shape index (κ3) is 1.69. The molecule has 1 aromatic rings. The smallest absolute Gasteiger partial charge is 0.119 e. The second kappa shape index (κ2) is 4.16. The van der Waals surface area contributed by atoms with Crippen molar-refractivity contribution in [1.29, 1.82) is 0 Å². The lowest BCUT2D eigenvalue weighted by Gasteiger charge is -2.38. The summed E-state index contributed by atoms with van der Waals surface area (Å²) < 4.78 is 5.39. The van der Waals surface area contributed by atoms with E-state index in [1.54, 1.807) is 7.11 Å². The van der Waals surface area contributed by atoms with Gasteiger partial charge < -0.3 is 14.5 Å². The molecule has 0 aliphatic carbocycles. The van der Waals surface area contributed by atoms with Crippen LogP contribution in [0.1, 0.15) is 18.4 Å². The van der Waals surface area contributed by atoms with Crippen molar-refractivity contribution in [2.24, 2.45) is 0 Å². The number of methoxy groups -OCH3 is 1. The van der Waals surface area contributed by atoms with Crippen LogP contribution in [0.3, 0.4) is 0 Å². The zero-order valence-corrected chi connectivity index (χ0v) is 11.3. The Balaban J connectivity index is 2.01. The molecule has 97 valence electrons. The van der Waals surface area contributed by atoms with Crippen molar-refractivity contribution in [3.8, 4) is 5.75 Å². The highest BCUT2D eigenvalue weighted by Crippen LogP contribution is 2.47. The van der Waals surface area contributed by atoms with E-state index in [1.807, 2.05) is 0 Å². The minimum absolute atomic E-state index is 0.312. The van der Waals surface area contributed by atoms with Crippen LogP contribution in [0.15, 0.2) is 18.2 Å². The topological polar surface area (TPSA) is 15.7 Å². The van der Waals surface area contributed by atoms with E-state index in [0.717, 1.165) is 25.4 Å². The fraction of sp³-hybridized carbons (Fsp3) is 0.533. The highest BCUT2D eigenvalue weighted by Gasteiger charge is 2.43. The molecule has 0 bridgehead atoms. The quantitative estimate of drug-likeness (QED) is 0.755. The van der Waals surface area contributed by atoms with Gasteiger partial charge in [-0.05, 0) is 49.7 Å². The molecule has 2 aliphatic heterocycles. The Labute approximate surface area is 109 Å². The summed E-state index contributed by atoms with van der Waals surface area (Å²) in [7, 11) is 7.99. The summed E-state index contributed by atoms with van der Waals surface area (Å²) in [5.41, 5.74) is 3.15. The molecule has 1 radical (unpaired) electrons. The van der Waals surface area contributed by atoms with Crippen LogP contribution >= 0.6 is 0 Å². The van der Waals surface area contributed by atoms with Gasteiger partial charge in [0, 0.05) is 31.7 Å². The van der Waals surface area contributed by atoms with Gasteiger partial charge in [0.1, 0.15) is 5.75 Å². The molecule has 1 saturated heterocycles. The van der Waals surface area contributed by atoms with Crippen molar-refractivity contribution >= 4 is 5.69 Å². The maximum atomic E-state index is 5.39. The summed E-state index contributed by atoms with van der Waals surface area (Å²) in [4.78, 5) is 4.57. The highest BCUT2D eigenvalue weighted by atomic mass is 16.5. The third-order valence-electron chi connectivity index (χ3n) is 4.54. The molecule has 1 spiro atoms. The van der Waals surface area contributed by atoms with Crippen LogP contribution in [0.2, 0.25) is 0 Å². The molecule has 0 saturated carbocycles. The van der Waals surface area contributed by atoms with Crippen molar-refractivity contribution in [2.75, 3.05) is 38.7 Å². The number of rotatable bonds is 1. The average molecular weight is 245 g/mol. The number of hydrogen-bond acceptors (Lipinski definition) is 3. The molecular formula is C15H21N2O.